The zero-order valence-corrected chi connectivity index (χ0v) is 32.8. The van der Waals surface area contributed by atoms with E-state index in [4.69, 9.17) is 23.7 Å². The number of piperidine rings is 1. The molecular formula is C45H45N5O9. The number of rotatable bonds is 16. The van der Waals surface area contributed by atoms with Gasteiger partial charge in [0.2, 0.25) is 17.7 Å². The largest absolute Gasteiger partial charge is 0.491 e. The number of nitrogens with zero attached hydrogens (tertiary/aromatic N) is 4. The Morgan fingerprint density at radius 1 is 0.763 bits per heavy atom. The molecule has 5 heterocycles. The first-order valence-corrected chi connectivity index (χ1v) is 20.4. The molecule has 2 bridgehead atoms. The van der Waals surface area contributed by atoms with Crippen molar-refractivity contribution in [2.45, 2.75) is 63.2 Å². The Labute approximate surface area is 340 Å². The number of nitrogens with one attached hydrogen (secondary N) is 1. The fourth-order valence-electron chi connectivity index (χ4n) is 9.87. The SMILES string of the molecule is Cn1c2ccncc2c2ccc(-c3ccc(OC4CC(OCC56CC(COCCOCCOc7ccc8c(c7)C(=O)N(C7CCC(=O)NC7=O)C8=O)(C5)C6)C4)nc3)cc21. The van der Waals surface area contributed by atoms with Crippen LogP contribution < -0.4 is 14.8 Å². The number of hydrogen-bond acceptors (Lipinski definition) is 11. The van der Waals surface area contributed by atoms with Crippen LogP contribution in [-0.2, 0) is 30.8 Å². The van der Waals surface area contributed by atoms with Gasteiger partial charge >= 0.3 is 0 Å². The quantitative estimate of drug-likeness (QED) is 0.101. The smallest absolute Gasteiger partial charge is 0.262 e. The van der Waals surface area contributed by atoms with Gasteiger partial charge < -0.3 is 28.3 Å². The summed E-state index contributed by atoms with van der Waals surface area (Å²) in [6.45, 7) is 3.05. The van der Waals surface area contributed by atoms with Crippen LogP contribution in [0.25, 0.3) is 32.9 Å². The van der Waals surface area contributed by atoms with Crippen LogP contribution in [0.3, 0.4) is 0 Å². The number of carbonyl (C=O) groups is 4. The van der Waals surface area contributed by atoms with Gasteiger partial charge in [-0.2, -0.15) is 0 Å². The molecule has 1 unspecified atom stereocenters. The number of aryl methyl sites for hydroxylation is 1. The minimum atomic E-state index is -1.00. The fraction of sp³-hybridized carbons (Fsp3) is 0.422. The molecule has 3 aromatic heterocycles. The van der Waals surface area contributed by atoms with E-state index in [-0.39, 0.29) is 48.2 Å². The Kier molecular flexibility index (Phi) is 9.45. The standard InChI is InChI=1S/C45H45N5O9/c1-49-36-10-11-46-21-35(36)32-5-2-27(16-38(32)49)28-3-9-40(47-20-28)59-31-17-30(18-31)58-26-45-22-44(23-45,24-45)25-56-13-12-55-14-15-57-29-4-6-33-34(19-29)43(54)50(42(33)53)37-7-8-39(51)48-41(37)52/h2-6,9-11,16,19-21,30-31,37H,7-8,12-15,17-18,22-26H2,1H3,(H,48,51,52). The van der Waals surface area contributed by atoms with Crippen LogP contribution in [0.2, 0.25) is 0 Å². The predicted octanol–water partition coefficient (Wildman–Crippen LogP) is 5.40. The highest BCUT2D eigenvalue weighted by Crippen LogP contribution is 2.73. The minimum absolute atomic E-state index is 0.0709. The molecule has 59 heavy (non-hydrogen) atoms. The van der Waals surface area contributed by atoms with Crippen LogP contribution in [0.5, 0.6) is 11.6 Å². The second-order valence-corrected chi connectivity index (χ2v) is 16.9. The zero-order valence-electron chi connectivity index (χ0n) is 32.8. The third kappa shape index (κ3) is 6.92. The van der Waals surface area contributed by atoms with Crippen molar-refractivity contribution >= 4 is 45.4 Å². The molecule has 4 amide bonds. The summed E-state index contributed by atoms with van der Waals surface area (Å²) in [4.78, 5) is 59.6. The van der Waals surface area contributed by atoms with E-state index in [9.17, 15) is 19.2 Å². The molecule has 1 N–H and O–H groups in total. The van der Waals surface area contributed by atoms with Crippen LogP contribution in [0.4, 0.5) is 0 Å². The monoisotopic (exact) mass is 799 g/mol. The molecule has 2 aliphatic heterocycles. The minimum Gasteiger partial charge on any atom is -0.491 e. The first-order chi connectivity index (χ1) is 28.7. The maximum atomic E-state index is 13.0. The summed E-state index contributed by atoms with van der Waals surface area (Å²) in [5.74, 6) is -1.10. The number of imide groups is 2. The van der Waals surface area contributed by atoms with Gasteiger partial charge in [-0.05, 0) is 78.5 Å². The number of aromatic nitrogens is 3. The van der Waals surface area contributed by atoms with Crippen molar-refractivity contribution in [3.8, 4) is 22.8 Å². The Bertz CT molecular complexity index is 2470. The topological polar surface area (TPSA) is 160 Å². The van der Waals surface area contributed by atoms with Crippen molar-refractivity contribution < 1.29 is 42.9 Å². The van der Waals surface area contributed by atoms with E-state index in [1.807, 2.05) is 30.7 Å². The van der Waals surface area contributed by atoms with Gasteiger partial charge in [0, 0.05) is 72.8 Å². The highest BCUT2D eigenvalue weighted by Gasteiger charge is 2.67. The molecule has 14 nitrogen and oxygen atoms in total. The van der Waals surface area contributed by atoms with E-state index in [2.05, 4.69) is 51.2 Å². The highest BCUT2D eigenvalue weighted by molar-refractivity contribution is 6.23. The summed E-state index contributed by atoms with van der Waals surface area (Å²) in [5, 5.41) is 4.55. The Morgan fingerprint density at radius 2 is 1.54 bits per heavy atom. The zero-order chi connectivity index (χ0) is 40.3. The van der Waals surface area contributed by atoms with Crippen LogP contribution in [0.1, 0.15) is 65.7 Å². The summed E-state index contributed by atoms with van der Waals surface area (Å²) < 4.78 is 32.1. The molecule has 2 aromatic carbocycles. The number of fused-ring (bicyclic) bond motifs is 4. The summed E-state index contributed by atoms with van der Waals surface area (Å²) in [6, 6.07) is 16.2. The molecule has 4 aliphatic carbocycles. The average Bonchev–Trinajstić information content (AvgIpc) is 3.62. The average molecular weight is 800 g/mol. The van der Waals surface area contributed by atoms with E-state index >= 15 is 0 Å². The van der Waals surface area contributed by atoms with Gasteiger partial charge in [0.15, 0.2) is 0 Å². The van der Waals surface area contributed by atoms with Gasteiger partial charge in [-0.15, -0.1) is 0 Å². The van der Waals surface area contributed by atoms with Crippen molar-refractivity contribution in [2.75, 3.05) is 39.6 Å². The normalized spacial score (nSPS) is 25.7. The Balaban J connectivity index is 0.585. The van der Waals surface area contributed by atoms with E-state index in [1.165, 1.54) is 23.0 Å². The molecule has 1 saturated heterocycles. The summed E-state index contributed by atoms with van der Waals surface area (Å²) in [5.41, 5.74) is 5.45. The Morgan fingerprint density at radius 3 is 2.36 bits per heavy atom. The lowest BCUT2D eigenvalue weighted by molar-refractivity contribution is -0.264. The van der Waals surface area contributed by atoms with Crippen molar-refractivity contribution in [2.24, 2.45) is 17.9 Å². The van der Waals surface area contributed by atoms with Crippen LogP contribution in [-0.4, -0.2) is 101 Å². The van der Waals surface area contributed by atoms with Gasteiger partial charge in [0.25, 0.3) is 11.8 Å². The number of amides is 4. The van der Waals surface area contributed by atoms with Gasteiger partial charge in [-0.3, -0.25) is 34.4 Å². The molecule has 5 aromatic rings. The van der Waals surface area contributed by atoms with E-state index < -0.39 is 29.7 Å². The lowest BCUT2D eigenvalue weighted by atomic mass is 9.35. The van der Waals surface area contributed by atoms with Crippen LogP contribution in [0, 0.1) is 10.8 Å². The Hall–Kier alpha value is -5.70. The second-order valence-electron chi connectivity index (χ2n) is 16.9. The van der Waals surface area contributed by atoms with Gasteiger partial charge in [0.05, 0.1) is 55.8 Å². The third-order valence-electron chi connectivity index (χ3n) is 12.8. The molecule has 11 rings (SSSR count). The lowest BCUT2D eigenvalue weighted by Gasteiger charge is -2.70. The molecule has 304 valence electrons. The number of hydrogen-bond donors (Lipinski definition) is 1. The van der Waals surface area contributed by atoms with Gasteiger partial charge in [0.1, 0.15) is 24.5 Å². The molecule has 1 atom stereocenters. The van der Waals surface area contributed by atoms with E-state index in [1.54, 1.807) is 6.07 Å². The van der Waals surface area contributed by atoms with Crippen LogP contribution in [0.15, 0.2) is 73.2 Å². The molecule has 5 fully saturated rings. The maximum absolute atomic E-state index is 13.0. The summed E-state index contributed by atoms with van der Waals surface area (Å²) in [7, 11) is 2.09. The lowest BCUT2D eigenvalue weighted by Crippen LogP contribution is -2.66. The molecule has 0 spiro atoms. The van der Waals surface area contributed by atoms with Crippen molar-refractivity contribution in [3.05, 3.63) is 84.3 Å². The van der Waals surface area contributed by atoms with Crippen molar-refractivity contribution in [1.29, 1.82) is 0 Å². The van der Waals surface area contributed by atoms with Crippen LogP contribution >= 0.6 is 0 Å². The fourth-order valence-corrected chi connectivity index (χ4v) is 9.87. The number of carbonyl (C=O) groups excluding carboxylic acids is 4. The van der Waals surface area contributed by atoms with E-state index in [0.29, 0.717) is 36.9 Å². The predicted molar refractivity (Wildman–Crippen MR) is 214 cm³/mol. The first-order valence-electron chi connectivity index (χ1n) is 20.4. The molecule has 14 heteroatoms. The molecule has 0 radical (unpaired) electrons. The molecular weight excluding hydrogens is 755 g/mol. The van der Waals surface area contributed by atoms with Gasteiger partial charge in [-0.1, -0.05) is 12.1 Å². The number of benzene rings is 2. The third-order valence-corrected chi connectivity index (χ3v) is 12.8. The van der Waals surface area contributed by atoms with E-state index in [0.717, 1.165) is 72.2 Å². The second kappa shape index (κ2) is 14.8. The van der Waals surface area contributed by atoms with Crippen molar-refractivity contribution in [1.82, 2.24) is 24.8 Å². The first kappa shape index (κ1) is 37.6. The number of pyridine rings is 2. The highest BCUT2D eigenvalue weighted by atomic mass is 16.5. The number of ether oxygens (including phenoxy) is 5. The summed E-state index contributed by atoms with van der Waals surface area (Å²) >= 11 is 0. The van der Waals surface area contributed by atoms with Crippen molar-refractivity contribution in [3.63, 3.8) is 0 Å². The molecule has 4 saturated carbocycles. The molecule has 6 aliphatic rings. The van der Waals surface area contributed by atoms with Gasteiger partial charge in [-0.25, -0.2) is 4.98 Å². The summed E-state index contributed by atoms with van der Waals surface area (Å²) in [6.07, 6.45) is 11.4. The maximum Gasteiger partial charge on any atom is 0.262 e.